The quantitative estimate of drug-likeness (QED) is 0.528. The summed E-state index contributed by atoms with van der Waals surface area (Å²) < 4.78 is 4.63. The highest BCUT2D eigenvalue weighted by Crippen LogP contribution is 2.16. The van der Waals surface area contributed by atoms with Crippen molar-refractivity contribution in [3.8, 4) is 0 Å². The van der Waals surface area contributed by atoms with Gasteiger partial charge in [0.05, 0.1) is 0 Å². The molecule has 1 aromatic rings. The molecule has 0 N–H and O–H groups in total. The minimum Gasteiger partial charge on any atom is -0.446 e. The Morgan fingerprint density at radius 2 is 1.57 bits per heavy atom. The molecule has 1 amide bonds. The molecule has 0 saturated carbocycles. The lowest BCUT2D eigenvalue weighted by Gasteiger charge is -2.21. The van der Waals surface area contributed by atoms with Crippen LogP contribution in [0.15, 0.2) is 30.3 Å². The molecule has 0 spiro atoms. The number of rotatable bonds is 10. The third kappa shape index (κ3) is 7.16. The lowest BCUT2D eigenvalue weighted by Crippen LogP contribution is -2.31. The van der Waals surface area contributed by atoms with Gasteiger partial charge in [-0.25, -0.2) is 4.79 Å². The van der Waals surface area contributed by atoms with Crippen LogP contribution in [0.25, 0.3) is 0 Å². The highest BCUT2D eigenvalue weighted by molar-refractivity contribution is 5.87. The maximum absolute atomic E-state index is 11.8. The standard InChI is InChI=1S/C18H28NO2/c1-3-4-5-6-7-8-9-13-16-19(18(20)21-2)17-14-11-10-12-15-17/h10-12,14-15H,2-9,13,16H2,1H3. The summed E-state index contributed by atoms with van der Waals surface area (Å²) >= 11 is 0. The smallest absolute Gasteiger partial charge is 0.414 e. The van der Waals surface area contributed by atoms with Crippen LogP contribution in [-0.4, -0.2) is 12.6 Å². The normalized spacial score (nSPS) is 10.4. The summed E-state index contributed by atoms with van der Waals surface area (Å²) in [6.45, 7) is 2.92. The third-order valence-corrected chi connectivity index (χ3v) is 3.65. The fourth-order valence-corrected chi connectivity index (χ4v) is 2.42. The van der Waals surface area contributed by atoms with E-state index in [1.807, 2.05) is 30.3 Å². The number of carbonyl (C=O) groups excluding carboxylic acids is 1. The van der Waals surface area contributed by atoms with Crippen LogP contribution in [0.1, 0.15) is 58.3 Å². The van der Waals surface area contributed by atoms with Crippen molar-refractivity contribution in [3.05, 3.63) is 37.4 Å². The number of hydrogen-bond acceptors (Lipinski definition) is 2. The second-order valence-electron chi connectivity index (χ2n) is 5.37. The lowest BCUT2D eigenvalue weighted by atomic mass is 10.1. The number of amides is 1. The average molecular weight is 290 g/mol. The highest BCUT2D eigenvalue weighted by atomic mass is 16.5. The summed E-state index contributed by atoms with van der Waals surface area (Å²) in [5.74, 6) is 0. The minimum absolute atomic E-state index is 0.385. The lowest BCUT2D eigenvalue weighted by molar-refractivity contribution is 0.191. The zero-order valence-corrected chi connectivity index (χ0v) is 13.2. The molecule has 0 bridgehead atoms. The third-order valence-electron chi connectivity index (χ3n) is 3.65. The number of ether oxygens (including phenoxy) is 1. The van der Waals surface area contributed by atoms with Crippen molar-refractivity contribution in [2.45, 2.75) is 58.3 Å². The predicted molar refractivity (Wildman–Crippen MR) is 88.2 cm³/mol. The number of anilines is 1. The van der Waals surface area contributed by atoms with E-state index >= 15 is 0 Å². The molecule has 3 heteroatoms. The van der Waals surface area contributed by atoms with E-state index < -0.39 is 0 Å². The van der Waals surface area contributed by atoms with Gasteiger partial charge in [-0.2, -0.15) is 0 Å². The van der Waals surface area contributed by atoms with Crippen molar-refractivity contribution in [2.75, 3.05) is 11.4 Å². The summed E-state index contributed by atoms with van der Waals surface area (Å²) in [5, 5.41) is 0. The molecule has 0 unspecified atom stereocenters. The van der Waals surface area contributed by atoms with Gasteiger partial charge in [-0.15, -0.1) is 0 Å². The Morgan fingerprint density at radius 1 is 1.00 bits per heavy atom. The molecular formula is C18H28NO2. The van der Waals surface area contributed by atoms with Gasteiger partial charge in [0, 0.05) is 12.2 Å². The van der Waals surface area contributed by atoms with E-state index in [0.29, 0.717) is 6.54 Å². The van der Waals surface area contributed by atoms with Gasteiger partial charge in [-0.3, -0.25) is 4.90 Å². The van der Waals surface area contributed by atoms with E-state index in [9.17, 15) is 4.79 Å². The van der Waals surface area contributed by atoms with E-state index in [1.54, 1.807) is 4.90 Å². The molecule has 0 heterocycles. The largest absolute Gasteiger partial charge is 0.446 e. The van der Waals surface area contributed by atoms with Gasteiger partial charge in [0.1, 0.15) is 7.11 Å². The van der Waals surface area contributed by atoms with E-state index in [1.165, 1.54) is 38.5 Å². The van der Waals surface area contributed by atoms with Crippen LogP contribution in [0.2, 0.25) is 0 Å². The predicted octanol–water partition coefficient (Wildman–Crippen LogP) is 5.56. The number of nitrogens with zero attached hydrogens (tertiary/aromatic N) is 1. The Morgan fingerprint density at radius 3 is 2.14 bits per heavy atom. The average Bonchev–Trinajstić information content (AvgIpc) is 2.53. The molecule has 0 aromatic heterocycles. The van der Waals surface area contributed by atoms with Crippen molar-refractivity contribution < 1.29 is 9.53 Å². The number of benzene rings is 1. The van der Waals surface area contributed by atoms with Gasteiger partial charge in [0.15, 0.2) is 0 Å². The molecule has 0 aliphatic carbocycles. The Hall–Kier alpha value is -1.51. The second kappa shape index (κ2) is 11.2. The molecule has 1 rings (SSSR count). The van der Waals surface area contributed by atoms with Crippen molar-refractivity contribution in [2.24, 2.45) is 0 Å². The molecule has 3 nitrogen and oxygen atoms in total. The van der Waals surface area contributed by atoms with Crippen LogP contribution in [0.5, 0.6) is 0 Å². The molecule has 21 heavy (non-hydrogen) atoms. The fraction of sp³-hybridized carbons (Fsp3) is 0.556. The Bertz CT molecular complexity index is 378. The van der Waals surface area contributed by atoms with Crippen LogP contribution >= 0.6 is 0 Å². The van der Waals surface area contributed by atoms with E-state index in [4.69, 9.17) is 0 Å². The van der Waals surface area contributed by atoms with Crippen LogP contribution < -0.4 is 4.90 Å². The molecule has 0 atom stereocenters. The van der Waals surface area contributed by atoms with Crippen LogP contribution in [-0.2, 0) is 4.74 Å². The van der Waals surface area contributed by atoms with Gasteiger partial charge in [-0.1, -0.05) is 70.1 Å². The topological polar surface area (TPSA) is 29.5 Å². The van der Waals surface area contributed by atoms with E-state index in [-0.39, 0.29) is 6.09 Å². The molecular weight excluding hydrogens is 262 g/mol. The van der Waals surface area contributed by atoms with Gasteiger partial charge < -0.3 is 4.74 Å². The molecule has 0 aliphatic rings. The Labute approximate surface area is 129 Å². The second-order valence-corrected chi connectivity index (χ2v) is 5.37. The summed E-state index contributed by atoms with van der Waals surface area (Å²) in [6, 6.07) is 9.62. The molecule has 0 saturated heterocycles. The Balaban J connectivity index is 2.27. The zero-order chi connectivity index (χ0) is 15.3. The Kier molecular flexibility index (Phi) is 9.34. The van der Waals surface area contributed by atoms with Crippen molar-refractivity contribution in [3.63, 3.8) is 0 Å². The number of hydrogen-bond donors (Lipinski definition) is 0. The number of para-hydroxylation sites is 1. The zero-order valence-electron chi connectivity index (χ0n) is 13.2. The van der Waals surface area contributed by atoms with Crippen LogP contribution in [0, 0.1) is 7.11 Å². The summed E-state index contributed by atoms with van der Waals surface area (Å²) in [6.07, 6.45) is 9.62. The van der Waals surface area contributed by atoms with E-state index in [0.717, 1.165) is 18.5 Å². The molecule has 0 aliphatic heterocycles. The van der Waals surface area contributed by atoms with Gasteiger partial charge in [0.25, 0.3) is 0 Å². The first kappa shape index (κ1) is 17.5. The summed E-state index contributed by atoms with van der Waals surface area (Å²) in [7, 11) is 3.23. The van der Waals surface area contributed by atoms with E-state index in [2.05, 4.69) is 18.8 Å². The van der Waals surface area contributed by atoms with Gasteiger partial charge >= 0.3 is 6.09 Å². The highest BCUT2D eigenvalue weighted by Gasteiger charge is 2.14. The first-order valence-corrected chi connectivity index (χ1v) is 8.08. The van der Waals surface area contributed by atoms with Crippen LogP contribution in [0.3, 0.4) is 0 Å². The molecule has 117 valence electrons. The van der Waals surface area contributed by atoms with Crippen molar-refractivity contribution in [1.29, 1.82) is 0 Å². The number of unbranched alkanes of at least 4 members (excludes halogenated alkanes) is 7. The van der Waals surface area contributed by atoms with Crippen LogP contribution in [0.4, 0.5) is 10.5 Å². The number of carbonyl (C=O) groups is 1. The summed E-state index contributed by atoms with van der Waals surface area (Å²) in [5.41, 5.74) is 0.870. The first-order chi connectivity index (χ1) is 10.3. The summed E-state index contributed by atoms with van der Waals surface area (Å²) in [4.78, 5) is 13.4. The van der Waals surface area contributed by atoms with Gasteiger partial charge in [0.2, 0.25) is 0 Å². The fourth-order valence-electron chi connectivity index (χ4n) is 2.42. The molecule has 1 aromatic carbocycles. The van der Waals surface area contributed by atoms with Crippen molar-refractivity contribution >= 4 is 11.8 Å². The maximum Gasteiger partial charge on any atom is 0.414 e. The minimum atomic E-state index is -0.385. The molecule has 1 radical (unpaired) electrons. The molecule has 0 fully saturated rings. The SMILES string of the molecule is [CH2]OC(=O)N(CCCCCCCCCC)c1ccccc1. The van der Waals surface area contributed by atoms with Gasteiger partial charge in [-0.05, 0) is 18.6 Å². The first-order valence-electron chi connectivity index (χ1n) is 8.08. The monoisotopic (exact) mass is 290 g/mol. The van der Waals surface area contributed by atoms with Crippen molar-refractivity contribution in [1.82, 2.24) is 0 Å². The maximum atomic E-state index is 11.8.